The lowest BCUT2D eigenvalue weighted by molar-refractivity contribution is -0.134. The first kappa shape index (κ1) is 20.5. The highest BCUT2D eigenvalue weighted by Crippen LogP contribution is 2.34. The third-order valence-corrected chi connectivity index (χ3v) is 5.57. The Labute approximate surface area is 167 Å². The summed E-state index contributed by atoms with van der Waals surface area (Å²) in [4.78, 5) is 25.5. The predicted octanol–water partition coefficient (Wildman–Crippen LogP) is 3.55. The Morgan fingerprint density at radius 1 is 1.04 bits per heavy atom. The van der Waals surface area contributed by atoms with Gasteiger partial charge in [0.1, 0.15) is 0 Å². The minimum Gasteiger partial charge on any atom is -0.493 e. The molecule has 0 bridgehead atoms. The van der Waals surface area contributed by atoms with E-state index in [9.17, 15) is 9.59 Å². The van der Waals surface area contributed by atoms with Gasteiger partial charge in [0.05, 0.1) is 13.2 Å². The number of rotatable bonds is 9. The number of primary amides is 1. The van der Waals surface area contributed by atoms with Crippen LogP contribution in [-0.2, 0) is 16.1 Å². The Kier molecular flexibility index (Phi) is 7.18. The van der Waals surface area contributed by atoms with Crippen LogP contribution in [0.4, 0.5) is 0 Å². The van der Waals surface area contributed by atoms with E-state index in [0.717, 1.165) is 42.7 Å². The highest BCUT2D eigenvalue weighted by molar-refractivity contribution is 5.83. The van der Waals surface area contributed by atoms with Crippen molar-refractivity contribution in [1.29, 1.82) is 0 Å². The van der Waals surface area contributed by atoms with Gasteiger partial charge in [-0.15, -0.1) is 0 Å². The van der Waals surface area contributed by atoms with E-state index < -0.39 is 5.91 Å². The zero-order valence-electron chi connectivity index (χ0n) is 16.8. The van der Waals surface area contributed by atoms with Crippen LogP contribution in [0.3, 0.4) is 0 Å². The molecule has 6 heteroatoms. The molecule has 2 fully saturated rings. The summed E-state index contributed by atoms with van der Waals surface area (Å²) in [6.07, 6.45) is 9.65. The molecule has 1 aromatic rings. The SMILES string of the molecule is COc1ccc(CN(C(=O)CCC(N)=O)C2CC2)cc1OC1CCCCCC1. The fourth-order valence-corrected chi connectivity index (χ4v) is 3.83. The number of carbonyl (C=O) groups is 2. The van der Waals surface area contributed by atoms with Crippen LogP contribution in [0.5, 0.6) is 11.5 Å². The van der Waals surface area contributed by atoms with Gasteiger partial charge in [-0.25, -0.2) is 0 Å². The summed E-state index contributed by atoms with van der Waals surface area (Å²) in [6.45, 7) is 0.521. The highest BCUT2D eigenvalue weighted by Gasteiger charge is 2.32. The van der Waals surface area contributed by atoms with E-state index in [-0.39, 0.29) is 30.9 Å². The largest absolute Gasteiger partial charge is 0.493 e. The number of hydrogen-bond donors (Lipinski definition) is 1. The molecule has 2 aliphatic rings. The molecule has 2 saturated carbocycles. The van der Waals surface area contributed by atoms with Gasteiger partial charge in [-0.2, -0.15) is 0 Å². The number of nitrogens with two attached hydrogens (primary N) is 1. The molecule has 0 aliphatic heterocycles. The third kappa shape index (κ3) is 5.88. The van der Waals surface area contributed by atoms with Crippen molar-refractivity contribution in [3.8, 4) is 11.5 Å². The second kappa shape index (κ2) is 9.80. The van der Waals surface area contributed by atoms with E-state index in [2.05, 4.69) is 0 Å². The average molecular weight is 389 g/mol. The summed E-state index contributed by atoms with van der Waals surface area (Å²) in [6, 6.07) is 6.17. The van der Waals surface area contributed by atoms with Gasteiger partial charge in [0, 0.05) is 25.4 Å². The lowest BCUT2D eigenvalue weighted by atomic mass is 10.1. The Bertz CT molecular complexity index is 679. The van der Waals surface area contributed by atoms with E-state index in [1.54, 1.807) is 7.11 Å². The zero-order chi connectivity index (χ0) is 19.9. The zero-order valence-corrected chi connectivity index (χ0v) is 16.8. The van der Waals surface area contributed by atoms with E-state index in [1.807, 2.05) is 23.1 Å². The van der Waals surface area contributed by atoms with Gasteiger partial charge in [-0.05, 0) is 56.2 Å². The standard InChI is InChI=1S/C22H32N2O4/c1-27-19-11-8-16(14-20(19)28-18-6-4-2-3-5-7-18)15-24(17-9-10-17)22(26)13-12-21(23)25/h8,11,14,17-18H,2-7,9-10,12-13,15H2,1H3,(H2,23,25). The molecular formula is C22H32N2O4. The predicted molar refractivity (Wildman–Crippen MR) is 107 cm³/mol. The molecule has 6 nitrogen and oxygen atoms in total. The van der Waals surface area contributed by atoms with Crippen molar-refractivity contribution >= 4 is 11.8 Å². The van der Waals surface area contributed by atoms with Crippen LogP contribution in [0.2, 0.25) is 0 Å². The van der Waals surface area contributed by atoms with Crippen LogP contribution >= 0.6 is 0 Å². The lowest BCUT2D eigenvalue weighted by Gasteiger charge is -2.24. The number of ether oxygens (including phenoxy) is 2. The highest BCUT2D eigenvalue weighted by atomic mass is 16.5. The summed E-state index contributed by atoms with van der Waals surface area (Å²) in [5.74, 6) is 1.04. The molecule has 0 unspecified atom stereocenters. The number of amides is 2. The molecule has 0 heterocycles. The number of methoxy groups -OCH3 is 1. The molecule has 0 aromatic heterocycles. The Hall–Kier alpha value is -2.24. The van der Waals surface area contributed by atoms with Crippen molar-refractivity contribution in [3.05, 3.63) is 23.8 Å². The molecule has 0 radical (unpaired) electrons. The maximum absolute atomic E-state index is 12.6. The smallest absolute Gasteiger partial charge is 0.223 e. The van der Waals surface area contributed by atoms with Crippen molar-refractivity contribution in [2.24, 2.45) is 5.73 Å². The molecule has 28 heavy (non-hydrogen) atoms. The topological polar surface area (TPSA) is 81.9 Å². The average Bonchev–Trinajstić information content (AvgIpc) is 3.52. The molecule has 2 amide bonds. The molecule has 2 N–H and O–H groups in total. The van der Waals surface area contributed by atoms with E-state index in [1.165, 1.54) is 25.7 Å². The minimum absolute atomic E-state index is 0.0108. The van der Waals surface area contributed by atoms with Crippen LogP contribution in [0.15, 0.2) is 18.2 Å². The van der Waals surface area contributed by atoms with Gasteiger partial charge in [0.2, 0.25) is 11.8 Å². The second-order valence-electron chi connectivity index (χ2n) is 7.94. The van der Waals surface area contributed by atoms with E-state index >= 15 is 0 Å². The summed E-state index contributed by atoms with van der Waals surface area (Å²) < 4.78 is 11.8. The molecule has 1 aromatic carbocycles. The monoisotopic (exact) mass is 388 g/mol. The van der Waals surface area contributed by atoms with Crippen LogP contribution in [0.1, 0.15) is 69.8 Å². The second-order valence-corrected chi connectivity index (χ2v) is 7.94. The minimum atomic E-state index is -0.437. The van der Waals surface area contributed by atoms with Crippen molar-refractivity contribution < 1.29 is 19.1 Å². The summed E-state index contributed by atoms with van der Waals surface area (Å²) >= 11 is 0. The van der Waals surface area contributed by atoms with Crippen molar-refractivity contribution in [2.75, 3.05) is 7.11 Å². The van der Waals surface area contributed by atoms with E-state index in [4.69, 9.17) is 15.2 Å². The lowest BCUT2D eigenvalue weighted by Crippen LogP contribution is -2.33. The first-order valence-electron chi connectivity index (χ1n) is 10.5. The third-order valence-electron chi connectivity index (χ3n) is 5.57. The first-order valence-corrected chi connectivity index (χ1v) is 10.5. The normalized spacial score (nSPS) is 17.6. The Morgan fingerprint density at radius 2 is 1.75 bits per heavy atom. The maximum Gasteiger partial charge on any atom is 0.223 e. The number of carbonyl (C=O) groups excluding carboxylic acids is 2. The van der Waals surface area contributed by atoms with Gasteiger partial charge < -0.3 is 20.1 Å². The van der Waals surface area contributed by atoms with Gasteiger partial charge >= 0.3 is 0 Å². The summed E-state index contributed by atoms with van der Waals surface area (Å²) in [5.41, 5.74) is 6.21. The molecule has 0 spiro atoms. The Balaban J connectivity index is 1.70. The summed E-state index contributed by atoms with van der Waals surface area (Å²) in [7, 11) is 1.65. The fourth-order valence-electron chi connectivity index (χ4n) is 3.83. The van der Waals surface area contributed by atoms with Crippen LogP contribution in [0, 0.1) is 0 Å². The first-order chi connectivity index (χ1) is 13.6. The molecule has 0 saturated heterocycles. The van der Waals surface area contributed by atoms with Crippen LogP contribution < -0.4 is 15.2 Å². The van der Waals surface area contributed by atoms with Gasteiger partial charge in [-0.1, -0.05) is 18.9 Å². The number of benzene rings is 1. The van der Waals surface area contributed by atoms with Gasteiger partial charge in [-0.3, -0.25) is 9.59 Å². The quantitative estimate of drug-likeness (QED) is 0.656. The van der Waals surface area contributed by atoms with Crippen molar-refractivity contribution in [3.63, 3.8) is 0 Å². The fraction of sp³-hybridized carbons (Fsp3) is 0.636. The number of hydrogen-bond acceptors (Lipinski definition) is 4. The van der Waals surface area contributed by atoms with E-state index in [0.29, 0.717) is 6.54 Å². The van der Waals surface area contributed by atoms with Crippen molar-refractivity contribution in [2.45, 2.75) is 82.9 Å². The molecule has 0 atom stereocenters. The van der Waals surface area contributed by atoms with Gasteiger partial charge in [0.15, 0.2) is 11.5 Å². The Morgan fingerprint density at radius 3 is 2.36 bits per heavy atom. The van der Waals surface area contributed by atoms with Crippen LogP contribution in [0.25, 0.3) is 0 Å². The number of nitrogens with zero attached hydrogens (tertiary/aromatic N) is 1. The van der Waals surface area contributed by atoms with Gasteiger partial charge in [0.25, 0.3) is 0 Å². The van der Waals surface area contributed by atoms with Crippen molar-refractivity contribution in [1.82, 2.24) is 4.90 Å². The summed E-state index contributed by atoms with van der Waals surface area (Å²) in [5, 5.41) is 0. The molecule has 3 rings (SSSR count). The molecule has 154 valence electrons. The molecular weight excluding hydrogens is 356 g/mol. The maximum atomic E-state index is 12.6. The van der Waals surface area contributed by atoms with Crippen LogP contribution in [-0.4, -0.2) is 36.0 Å². The molecule has 2 aliphatic carbocycles.